The molecule has 1 saturated heterocycles. The molecule has 2 aromatic rings. The highest BCUT2D eigenvalue weighted by Gasteiger charge is 2.52. The summed E-state index contributed by atoms with van der Waals surface area (Å²) in [6.07, 6.45) is -2.87. The van der Waals surface area contributed by atoms with Crippen LogP contribution < -0.4 is 0 Å². The van der Waals surface area contributed by atoms with Crippen molar-refractivity contribution in [3.63, 3.8) is 0 Å². The SMILES string of the molecule is O=C(O)[C@@H]1CN(Cc2csc(-c3ccccn3)n2)C[C@H]1C(F)(F)F. The molecule has 2 aromatic heterocycles. The second-order valence-electron chi connectivity index (χ2n) is 5.65. The van der Waals surface area contributed by atoms with Gasteiger partial charge in [0.2, 0.25) is 0 Å². The number of hydrogen-bond donors (Lipinski definition) is 1. The van der Waals surface area contributed by atoms with Gasteiger partial charge in [-0.2, -0.15) is 13.2 Å². The molecule has 0 bridgehead atoms. The van der Waals surface area contributed by atoms with Gasteiger partial charge in [0.05, 0.1) is 23.2 Å². The van der Waals surface area contributed by atoms with Gasteiger partial charge < -0.3 is 5.11 Å². The third kappa shape index (κ3) is 3.57. The third-order valence-corrected chi connectivity index (χ3v) is 4.87. The first kappa shape index (κ1) is 16.8. The first-order valence-electron chi connectivity index (χ1n) is 7.22. The second kappa shape index (κ2) is 6.48. The number of likely N-dealkylation sites (tertiary alicyclic amines) is 1. The lowest BCUT2D eigenvalue weighted by molar-refractivity contribution is -0.188. The zero-order valence-electron chi connectivity index (χ0n) is 12.4. The van der Waals surface area contributed by atoms with Crippen LogP contribution in [0.3, 0.4) is 0 Å². The summed E-state index contributed by atoms with van der Waals surface area (Å²) in [7, 11) is 0. The van der Waals surface area contributed by atoms with Gasteiger partial charge in [0, 0.05) is 31.2 Å². The molecule has 0 saturated carbocycles. The molecule has 9 heteroatoms. The smallest absolute Gasteiger partial charge is 0.393 e. The summed E-state index contributed by atoms with van der Waals surface area (Å²) < 4.78 is 39.0. The summed E-state index contributed by atoms with van der Waals surface area (Å²) in [5.41, 5.74) is 1.32. The molecule has 3 heterocycles. The molecule has 0 aliphatic carbocycles. The Morgan fingerprint density at radius 2 is 2.17 bits per heavy atom. The standard InChI is InChI=1S/C15H14F3N3O2S/c16-15(17,18)11-7-21(6-10(11)14(22)23)5-9-8-24-13(20-9)12-3-1-2-4-19-12/h1-4,8,10-11H,5-7H2,(H,22,23)/t10-,11-/m1/s1. The minimum atomic E-state index is -4.51. The Kier molecular flexibility index (Phi) is 4.55. The third-order valence-electron chi connectivity index (χ3n) is 3.95. The number of aromatic nitrogens is 2. The van der Waals surface area contributed by atoms with Crippen LogP contribution in [-0.2, 0) is 11.3 Å². The average Bonchev–Trinajstić information content (AvgIpc) is 3.15. The maximum absolute atomic E-state index is 13.0. The first-order chi connectivity index (χ1) is 11.3. The van der Waals surface area contributed by atoms with Gasteiger partial charge in [-0.05, 0) is 12.1 Å². The molecule has 1 fully saturated rings. The fraction of sp³-hybridized carbons (Fsp3) is 0.400. The molecule has 2 atom stereocenters. The highest BCUT2D eigenvalue weighted by molar-refractivity contribution is 7.13. The van der Waals surface area contributed by atoms with Gasteiger partial charge in [0.1, 0.15) is 5.01 Å². The number of rotatable bonds is 4. The predicted octanol–water partition coefficient (Wildman–Crippen LogP) is 2.90. The molecule has 1 N–H and O–H groups in total. The van der Waals surface area contributed by atoms with Crippen molar-refractivity contribution in [3.8, 4) is 10.7 Å². The summed E-state index contributed by atoms with van der Waals surface area (Å²) >= 11 is 1.36. The lowest BCUT2D eigenvalue weighted by Gasteiger charge is -2.18. The van der Waals surface area contributed by atoms with Crippen LogP contribution >= 0.6 is 11.3 Å². The summed E-state index contributed by atoms with van der Waals surface area (Å²) in [5, 5.41) is 11.5. The van der Waals surface area contributed by atoms with Crippen molar-refractivity contribution in [2.75, 3.05) is 13.1 Å². The van der Waals surface area contributed by atoms with Gasteiger partial charge in [0.15, 0.2) is 0 Å². The zero-order valence-corrected chi connectivity index (χ0v) is 13.2. The fourth-order valence-corrected chi connectivity index (χ4v) is 3.60. The van der Waals surface area contributed by atoms with Crippen molar-refractivity contribution in [2.24, 2.45) is 11.8 Å². The highest BCUT2D eigenvalue weighted by atomic mass is 32.1. The minimum Gasteiger partial charge on any atom is -0.481 e. The molecule has 0 aromatic carbocycles. The second-order valence-corrected chi connectivity index (χ2v) is 6.50. The quantitative estimate of drug-likeness (QED) is 0.911. The lowest BCUT2D eigenvalue weighted by atomic mass is 9.96. The molecule has 1 aliphatic rings. The van der Waals surface area contributed by atoms with E-state index in [1.807, 2.05) is 6.07 Å². The van der Waals surface area contributed by atoms with E-state index >= 15 is 0 Å². The Morgan fingerprint density at radius 1 is 1.38 bits per heavy atom. The minimum absolute atomic E-state index is 0.129. The fourth-order valence-electron chi connectivity index (χ4n) is 2.81. The topological polar surface area (TPSA) is 66.3 Å². The van der Waals surface area contributed by atoms with Crippen LogP contribution in [-0.4, -0.2) is 45.2 Å². The molecule has 0 unspecified atom stereocenters. The van der Waals surface area contributed by atoms with Crippen LogP contribution in [0.5, 0.6) is 0 Å². The van der Waals surface area contributed by atoms with E-state index in [1.165, 1.54) is 16.2 Å². The number of nitrogens with zero attached hydrogens (tertiary/aromatic N) is 3. The van der Waals surface area contributed by atoms with Gasteiger partial charge in [-0.1, -0.05) is 6.07 Å². The van der Waals surface area contributed by atoms with Gasteiger partial charge in [-0.25, -0.2) is 4.98 Å². The number of pyridine rings is 1. The molecule has 5 nitrogen and oxygen atoms in total. The number of carboxylic acids is 1. The Labute approximate surface area is 139 Å². The van der Waals surface area contributed by atoms with Crippen LogP contribution in [0.2, 0.25) is 0 Å². The monoisotopic (exact) mass is 357 g/mol. The van der Waals surface area contributed by atoms with E-state index in [1.54, 1.807) is 23.7 Å². The van der Waals surface area contributed by atoms with Crippen LogP contribution in [0, 0.1) is 11.8 Å². The van der Waals surface area contributed by atoms with E-state index < -0.39 is 24.0 Å². The normalized spacial score (nSPS) is 22.0. The van der Waals surface area contributed by atoms with E-state index in [-0.39, 0.29) is 19.6 Å². The average molecular weight is 357 g/mol. The van der Waals surface area contributed by atoms with Crippen LogP contribution in [0.15, 0.2) is 29.8 Å². The largest absolute Gasteiger partial charge is 0.481 e. The van der Waals surface area contributed by atoms with Crippen molar-refractivity contribution in [1.29, 1.82) is 0 Å². The van der Waals surface area contributed by atoms with Crippen LogP contribution in [0.4, 0.5) is 13.2 Å². The number of carboxylic acid groups (broad SMARTS) is 1. The number of thiazole rings is 1. The zero-order chi connectivity index (χ0) is 17.3. The van der Waals surface area contributed by atoms with Gasteiger partial charge >= 0.3 is 12.1 Å². The number of aliphatic carboxylic acids is 1. The number of alkyl halides is 3. The first-order valence-corrected chi connectivity index (χ1v) is 8.10. The maximum Gasteiger partial charge on any atom is 0.393 e. The van der Waals surface area contributed by atoms with Crippen molar-refractivity contribution in [3.05, 3.63) is 35.5 Å². The number of halogens is 3. The lowest BCUT2D eigenvalue weighted by Crippen LogP contribution is -2.33. The van der Waals surface area contributed by atoms with E-state index in [4.69, 9.17) is 5.11 Å². The summed E-state index contributed by atoms with van der Waals surface area (Å²) in [6.45, 7) is -0.257. The molecule has 0 amide bonds. The van der Waals surface area contributed by atoms with Crippen molar-refractivity contribution < 1.29 is 23.1 Å². The van der Waals surface area contributed by atoms with Crippen molar-refractivity contribution >= 4 is 17.3 Å². The van der Waals surface area contributed by atoms with E-state index in [2.05, 4.69) is 9.97 Å². The molecule has 0 spiro atoms. The van der Waals surface area contributed by atoms with Gasteiger partial charge in [-0.15, -0.1) is 11.3 Å². The van der Waals surface area contributed by atoms with Crippen LogP contribution in [0.1, 0.15) is 5.69 Å². The number of carbonyl (C=O) groups is 1. The van der Waals surface area contributed by atoms with Crippen molar-refractivity contribution in [1.82, 2.24) is 14.9 Å². The summed E-state index contributed by atoms with van der Waals surface area (Å²) in [4.78, 5) is 21.2. The Morgan fingerprint density at radius 3 is 2.75 bits per heavy atom. The Hall–Kier alpha value is -2.00. The van der Waals surface area contributed by atoms with Crippen molar-refractivity contribution in [2.45, 2.75) is 12.7 Å². The molecule has 1 aliphatic heterocycles. The summed E-state index contributed by atoms with van der Waals surface area (Å²) in [5.74, 6) is -4.69. The molecular weight excluding hydrogens is 343 g/mol. The van der Waals surface area contributed by atoms with Crippen LogP contribution in [0.25, 0.3) is 10.7 Å². The molecular formula is C15H14F3N3O2S. The van der Waals surface area contributed by atoms with E-state index in [0.717, 1.165) is 0 Å². The number of hydrogen-bond acceptors (Lipinski definition) is 5. The Balaban J connectivity index is 1.71. The molecule has 0 radical (unpaired) electrons. The molecule has 128 valence electrons. The molecule has 3 rings (SSSR count). The molecule has 24 heavy (non-hydrogen) atoms. The maximum atomic E-state index is 13.0. The van der Waals surface area contributed by atoms with Gasteiger partial charge in [-0.3, -0.25) is 14.7 Å². The predicted molar refractivity (Wildman–Crippen MR) is 81.3 cm³/mol. The van der Waals surface area contributed by atoms with Gasteiger partial charge in [0.25, 0.3) is 0 Å². The van der Waals surface area contributed by atoms with E-state index in [0.29, 0.717) is 16.4 Å². The highest BCUT2D eigenvalue weighted by Crippen LogP contribution is 2.38. The van der Waals surface area contributed by atoms with E-state index in [9.17, 15) is 18.0 Å². The summed E-state index contributed by atoms with van der Waals surface area (Å²) in [6, 6.07) is 5.42. The Bertz CT molecular complexity index is 720.